The Morgan fingerprint density at radius 3 is 1.70 bits per heavy atom. The van der Waals surface area contributed by atoms with Crippen LogP contribution in [0, 0.1) is 22.7 Å². The molecule has 0 amide bonds. The molecule has 2 heterocycles. The molecule has 7 aromatic rings. The highest BCUT2D eigenvalue weighted by atomic mass is 16.3. The molecule has 1 aliphatic heterocycles. The summed E-state index contributed by atoms with van der Waals surface area (Å²) in [7, 11) is 0. The van der Waals surface area contributed by atoms with Gasteiger partial charge in [-0.1, -0.05) is 115 Å². The molecule has 1 unspecified atom stereocenters. The first-order valence-corrected chi connectivity index (χ1v) is 17.6. The lowest BCUT2D eigenvalue weighted by Gasteiger charge is -2.25. The Kier molecular flexibility index (Phi) is 8.04. The lowest BCUT2D eigenvalue weighted by atomic mass is 9.89. The van der Waals surface area contributed by atoms with Crippen molar-refractivity contribution in [2.75, 3.05) is 0 Å². The number of allylic oxidation sites excluding steroid dienone is 1. The van der Waals surface area contributed by atoms with E-state index in [0.29, 0.717) is 11.1 Å². The molecule has 0 fully saturated rings. The summed E-state index contributed by atoms with van der Waals surface area (Å²) in [4.78, 5) is 10.5. The Labute approximate surface area is 307 Å². The van der Waals surface area contributed by atoms with Crippen molar-refractivity contribution in [3.8, 4) is 45.5 Å². The molecule has 53 heavy (non-hydrogen) atoms. The van der Waals surface area contributed by atoms with Crippen LogP contribution in [0.4, 0.5) is 0 Å². The number of nitriles is 2. The van der Waals surface area contributed by atoms with Crippen molar-refractivity contribution in [1.82, 2.24) is 5.32 Å². The number of hydrogen-bond acceptors (Lipinski definition) is 6. The fourth-order valence-electron chi connectivity index (χ4n) is 7.21. The number of hydrogen-bond donors (Lipinski definition) is 1. The SMILES string of the molecule is N#Cc1ccc(-c2cc(-c3ccc(C#N)cc3)c3oc4c(c3c2)C(C2N=C(c3ccccc3)NC(c3ccc(-c5ccccc5)cc3)=N2)=CCC4)cc1. The Morgan fingerprint density at radius 2 is 1.08 bits per heavy atom. The van der Waals surface area contributed by atoms with Gasteiger partial charge in [0, 0.05) is 39.6 Å². The van der Waals surface area contributed by atoms with E-state index in [9.17, 15) is 10.5 Å². The molecule has 1 aromatic heterocycles. The minimum absolute atomic E-state index is 0.521. The number of aryl methyl sites for hydroxylation is 1. The predicted molar refractivity (Wildman–Crippen MR) is 211 cm³/mol. The van der Waals surface area contributed by atoms with Crippen molar-refractivity contribution in [1.29, 1.82) is 10.5 Å². The Hall–Kier alpha value is -7.28. The summed E-state index contributed by atoms with van der Waals surface area (Å²) in [5.74, 6) is 2.41. The van der Waals surface area contributed by atoms with Crippen LogP contribution in [0.5, 0.6) is 0 Å². The molecule has 0 spiro atoms. The zero-order valence-corrected chi connectivity index (χ0v) is 28.6. The summed E-state index contributed by atoms with van der Waals surface area (Å²) in [5, 5.41) is 23.5. The standard InChI is InChI=1S/C47H31N5O/c48-28-30-14-18-34(19-15-30)38-26-40(35-20-16-31(29-49)17-21-35)44-41(27-38)43-39(12-7-13-42(43)53-44)47-51-45(36-10-5-2-6-11-36)50-46(52-47)37-24-22-33(23-25-37)32-8-3-1-4-9-32/h1-6,8-12,14-27,47H,7,13H2,(H,50,51,52). The molecule has 6 aromatic carbocycles. The molecule has 0 saturated carbocycles. The molecule has 9 rings (SSSR count). The van der Waals surface area contributed by atoms with Crippen LogP contribution in [0.15, 0.2) is 166 Å². The van der Waals surface area contributed by atoms with Crippen LogP contribution in [0.2, 0.25) is 0 Å². The first-order valence-electron chi connectivity index (χ1n) is 17.6. The molecule has 250 valence electrons. The molecule has 1 aliphatic carbocycles. The van der Waals surface area contributed by atoms with E-state index >= 15 is 0 Å². The second-order valence-electron chi connectivity index (χ2n) is 13.1. The number of fused-ring (bicyclic) bond motifs is 3. The van der Waals surface area contributed by atoms with Gasteiger partial charge in [-0.15, -0.1) is 0 Å². The number of amidine groups is 2. The van der Waals surface area contributed by atoms with Crippen LogP contribution in [-0.4, -0.2) is 17.8 Å². The molecular weight excluding hydrogens is 651 g/mol. The molecule has 1 N–H and O–H groups in total. The van der Waals surface area contributed by atoms with E-state index in [1.54, 1.807) is 0 Å². The van der Waals surface area contributed by atoms with Crippen molar-refractivity contribution in [2.24, 2.45) is 9.98 Å². The van der Waals surface area contributed by atoms with Crippen LogP contribution >= 0.6 is 0 Å². The number of aliphatic imine (C=N–C) groups is 2. The van der Waals surface area contributed by atoms with E-state index in [-0.39, 0.29) is 0 Å². The summed E-state index contributed by atoms with van der Waals surface area (Å²) in [6.45, 7) is 0. The van der Waals surface area contributed by atoms with Crippen LogP contribution in [0.1, 0.15) is 40.0 Å². The largest absolute Gasteiger partial charge is 0.460 e. The van der Waals surface area contributed by atoms with Gasteiger partial charge in [-0.3, -0.25) is 0 Å². The molecule has 0 bridgehead atoms. The van der Waals surface area contributed by atoms with Gasteiger partial charge in [-0.05, 0) is 70.6 Å². The van der Waals surface area contributed by atoms with Crippen molar-refractivity contribution in [2.45, 2.75) is 19.0 Å². The second kappa shape index (κ2) is 13.5. The van der Waals surface area contributed by atoms with Crippen LogP contribution in [0.25, 0.3) is 49.9 Å². The van der Waals surface area contributed by atoms with Crippen molar-refractivity contribution in [3.63, 3.8) is 0 Å². The minimum atomic E-state index is -0.521. The van der Waals surface area contributed by atoms with Crippen LogP contribution in [0.3, 0.4) is 0 Å². The molecule has 6 heteroatoms. The molecular formula is C47H31N5O. The van der Waals surface area contributed by atoms with Crippen molar-refractivity contribution < 1.29 is 4.42 Å². The topological polar surface area (TPSA) is 97.5 Å². The number of nitrogens with zero attached hydrogens (tertiary/aromatic N) is 4. The quantitative estimate of drug-likeness (QED) is 0.189. The van der Waals surface area contributed by atoms with E-state index in [2.05, 4.69) is 96.3 Å². The van der Waals surface area contributed by atoms with Gasteiger partial charge in [-0.25, -0.2) is 9.98 Å². The van der Waals surface area contributed by atoms with Crippen molar-refractivity contribution >= 4 is 28.2 Å². The summed E-state index contributed by atoms with van der Waals surface area (Å²) >= 11 is 0. The first kappa shape index (κ1) is 31.7. The molecule has 2 aliphatic rings. The molecule has 0 saturated heterocycles. The second-order valence-corrected chi connectivity index (χ2v) is 13.1. The Bertz CT molecular complexity index is 2670. The summed E-state index contributed by atoms with van der Waals surface area (Å²) < 4.78 is 6.80. The maximum Gasteiger partial charge on any atom is 0.170 e. The average molecular weight is 682 g/mol. The molecule has 6 nitrogen and oxygen atoms in total. The molecule has 0 radical (unpaired) electrons. The van der Waals surface area contributed by atoms with Gasteiger partial charge in [0.15, 0.2) is 6.17 Å². The zero-order valence-electron chi connectivity index (χ0n) is 28.6. The van der Waals surface area contributed by atoms with Gasteiger partial charge < -0.3 is 9.73 Å². The fourth-order valence-corrected chi connectivity index (χ4v) is 7.21. The summed E-state index contributed by atoms with van der Waals surface area (Å²) in [5.41, 5.74) is 12.1. The lowest BCUT2D eigenvalue weighted by molar-refractivity contribution is 0.544. The normalized spacial score (nSPS) is 14.9. The third-order valence-corrected chi connectivity index (χ3v) is 9.89. The molecule has 1 atom stereocenters. The third-order valence-electron chi connectivity index (χ3n) is 9.89. The maximum absolute atomic E-state index is 9.49. The van der Waals surface area contributed by atoms with E-state index < -0.39 is 6.17 Å². The zero-order chi connectivity index (χ0) is 35.7. The number of rotatable bonds is 6. The van der Waals surface area contributed by atoms with Crippen LogP contribution in [-0.2, 0) is 6.42 Å². The number of benzene rings is 6. The first-order chi connectivity index (χ1) is 26.1. The van der Waals surface area contributed by atoms with E-state index in [4.69, 9.17) is 14.4 Å². The average Bonchev–Trinajstić information content (AvgIpc) is 3.63. The minimum Gasteiger partial charge on any atom is -0.460 e. The maximum atomic E-state index is 9.49. The number of furan rings is 1. The van der Waals surface area contributed by atoms with Gasteiger partial charge >= 0.3 is 0 Å². The Balaban J connectivity index is 1.20. The summed E-state index contributed by atoms with van der Waals surface area (Å²) in [6, 6.07) is 53.0. The smallest absolute Gasteiger partial charge is 0.170 e. The number of nitrogens with one attached hydrogen (secondary N) is 1. The van der Waals surface area contributed by atoms with E-state index in [0.717, 1.165) is 96.9 Å². The third kappa shape index (κ3) is 5.99. The van der Waals surface area contributed by atoms with Gasteiger partial charge in [-0.2, -0.15) is 10.5 Å². The van der Waals surface area contributed by atoms with Gasteiger partial charge in [0.2, 0.25) is 0 Å². The monoisotopic (exact) mass is 681 g/mol. The highest BCUT2D eigenvalue weighted by molar-refractivity contribution is 6.17. The fraction of sp³-hybridized carbons (Fsp3) is 0.0638. The van der Waals surface area contributed by atoms with E-state index in [1.807, 2.05) is 72.8 Å². The van der Waals surface area contributed by atoms with Crippen LogP contribution < -0.4 is 5.32 Å². The highest BCUT2D eigenvalue weighted by Gasteiger charge is 2.30. The highest BCUT2D eigenvalue weighted by Crippen LogP contribution is 2.44. The van der Waals surface area contributed by atoms with Gasteiger partial charge in [0.1, 0.15) is 23.0 Å². The van der Waals surface area contributed by atoms with Crippen molar-refractivity contribution in [3.05, 3.63) is 185 Å². The van der Waals surface area contributed by atoms with E-state index in [1.165, 1.54) is 0 Å². The van der Waals surface area contributed by atoms with Gasteiger partial charge in [0.05, 0.1) is 23.3 Å². The lowest BCUT2D eigenvalue weighted by Crippen LogP contribution is -2.38. The summed E-state index contributed by atoms with van der Waals surface area (Å²) in [6.07, 6.45) is 3.29. The van der Waals surface area contributed by atoms with Gasteiger partial charge in [0.25, 0.3) is 0 Å². The predicted octanol–water partition coefficient (Wildman–Crippen LogP) is 10.3. The Morgan fingerprint density at radius 1 is 0.566 bits per heavy atom.